The summed E-state index contributed by atoms with van der Waals surface area (Å²) in [5, 5.41) is 3.40. The molecule has 2 N–H and O–H groups in total. The van der Waals surface area contributed by atoms with Gasteiger partial charge in [-0.3, -0.25) is 9.78 Å². The number of nitrogens with one attached hydrogen (secondary N) is 2. The van der Waals surface area contributed by atoms with Crippen LogP contribution in [0.15, 0.2) is 46.0 Å². The van der Waals surface area contributed by atoms with Crippen molar-refractivity contribution >= 4 is 11.0 Å². The van der Waals surface area contributed by atoms with Crippen molar-refractivity contribution in [3.8, 4) is 17.3 Å². The van der Waals surface area contributed by atoms with E-state index >= 15 is 0 Å². The summed E-state index contributed by atoms with van der Waals surface area (Å²) in [6.45, 7) is 5.77. The fourth-order valence-electron chi connectivity index (χ4n) is 3.54. The molecule has 2 aliphatic rings. The summed E-state index contributed by atoms with van der Waals surface area (Å²) < 4.78 is 7.28. The van der Waals surface area contributed by atoms with Gasteiger partial charge in [0.1, 0.15) is 5.75 Å². The van der Waals surface area contributed by atoms with Gasteiger partial charge in [0.25, 0.3) is 5.56 Å². The Morgan fingerprint density at radius 1 is 1.10 bits per heavy atom. The molecule has 8 heteroatoms. The minimum absolute atomic E-state index is 0.162. The van der Waals surface area contributed by atoms with Crippen LogP contribution in [-0.4, -0.2) is 33.2 Å². The summed E-state index contributed by atoms with van der Waals surface area (Å²) in [7, 11) is 1.65. The summed E-state index contributed by atoms with van der Waals surface area (Å²) in [6.07, 6.45) is 0. The van der Waals surface area contributed by atoms with E-state index < -0.39 is 11.2 Å². The van der Waals surface area contributed by atoms with Crippen LogP contribution in [0.4, 0.5) is 0 Å². The van der Waals surface area contributed by atoms with Crippen molar-refractivity contribution < 1.29 is 4.74 Å². The molecule has 2 aromatic rings. The molecule has 2 heterocycles. The van der Waals surface area contributed by atoms with Crippen molar-refractivity contribution in [2.24, 2.45) is 0 Å². The SMILES string of the molecule is COc1ccccc1CNCCn1c2nc(=O)[nH]c(=O)c-2nc2cc(C)c(C)cc21. The number of benzene rings is 2. The molecule has 0 saturated heterocycles. The zero-order valence-corrected chi connectivity index (χ0v) is 17.2. The van der Waals surface area contributed by atoms with E-state index in [2.05, 4.69) is 20.3 Å². The quantitative estimate of drug-likeness (QED) is 0.376. The predicted octanol–water partition coefficient (Wildman–Crippen LogP) is 2.00. The monoisotopic (exact) mass is 405 g/mol. The van der Waals surface area contributed by atoms with Crippen molar-refractivity contribution in [2.75, 3.05) is 13.7 Å². The number of para-hydroxylation sites is 1. The lowest BCUT2D eigenvalue weighted by molar-refractivity contribution is 0.407. The van der Waals surface area contributed by atoms with Gasteiger partial charge in [-0.05, 0) is 43.2 Å². The van der Waals surface area contributed by atoms with Crippen molar-refractivity contribution in [1.29, 1.82) is 0 Å². The second-order valence-electron chi connectivity index (χ2n) is 7.22. The van der Waals surface area contributed by atoms with E-state index in [0.717, 1.165) is 28.0 Å². The number of aromatic amines is 1. The van der Waals surface area contributed by atoms with Crippen molar-refractivity contribution in [3.63, 3.8) is 0 Å². The van der Waals surface area contributed by atoms with E-state index in [1.165, 1.54) is 0 Å². The van der Waals surface area contributed by atoms with Crippen LogP contribution in [0.5, 0.6) is 5.75 Å². The maximum absolute atomic E-state index is 12.3. The number of hydrogen-bond donors (Lipinski definition) is 2. The number of nitrogens with zero attached hydrogens (tertiary/aromatic N) is 3. The number of fused-ring (bicyclic) bond motifs is 2. The zero-order valence-electron chi connectivity index (χ0n) is 17.2. The van der Waals surface area contributed by atoms with Crippen molar-refractivity contribution in [2.45, 2.75) is 26.9 Å². The van der Waals surface area contributed by atoms with Crippen LogP contribution in [0.1, 0.15) is 16.7 Å². The number of aryl methyl sites for hydroxylation is 2. The molecule has 0 spiro atoms. The highest BCUT2D eigenvalue weighted by atomic mass is 16.5. The third-order valence-corrected chi connectivity index (χ3v) is 5.24. The van der Waals surface area contributed by atoms with Gasteiger partial charge in [-0.15, -0.1) is 0 Å². The highest BCUT2D eigenvalue weighted by Crippen LogP contribution is 2.23. The fraction of sp³-hybridized carbons (Fsp3) is 0.273. The van der Waals surface area contributed by atoms with Crippen LogP contribution in [0, 0.1) is 13.8 Å². The minimum Gasteiger partial charge on any atom is -0.496 e. The first-order valence-electron chi connectivity index (χ1n) is 9.72. The molecule has 0 bridgehead atoms. The molecule has 4 rings (SSSR count). The Bertz CT molecular complexity index is 1310. The molecule has 2 aromatic carbocycles. The Labute approximate surface area is 172 Å². The zero-order chi connectivity index (χ0) is 21.3. The van der Waals surface area contributed by atoms with Crippen LogP contribution in [0.25, 0.3) is 22.6 Å². The topological polar surface area (TPSA) is 102 Å². The molecule has 0 aromatic heterocycles. The average molecular weight is 405 g/mol. The number of methoxy groups -OCH3 is 1. The maximum atomic E-state index is 12.3. The minimum atomic E-state index is -0.673. The van der Waals surface area contributed by atoms with Gasteiger partial charge >= 0.3 is 5.69 Å². The molecule has 0 aliphatic carbocycles. The Morgan fingerprint density at radius 2 is 1.87 bits per heavy atom. The molecule has 0 radical (unpaired) electrons. The van der Waals surface area contributed by atoms with Gasteiger partial charge in [0.15, 0.2) is 11.5 Å². The second-order valence-corrected chi connectivity index (χ2v) is 7.22. The van der Waals surface area contributed by atoms with E-state index in [9.17, 15) is 9.59 Å². The summed E-state index contributed by atoms with van der Waals surface area (Å²) in [6, 6.07) is 11.8. The van der Waals surface area contributed by atoms with E-state index in [-0.39, 0.29) is 5.69 Å². The van der Waals surface area contributed by atoms with Crippen LogP contribution < -0.4 is 21.3 Å². The number of ether oxygens (including phenoxy) is 1. The molecule has 0 fully saturated rings. The largest absolute Gasteiger partial charge is 0.496 e. The third kappa shape index (κ3) is 3.69. The van der Waals surface area contributed by atoms with E-state index in [0.29, 0.717) is 31.0 Å². The number of aromatic nitrogens is 4. The molecule has 8 nitrogen and oxygen atoms in total. The van der Waals surface area contributed by atoms with E-state index in [1.807, 2.05) is 54.8 Å². The molecule has 0 atom stereocenters. The van der Waals surface area contributed by atoms with Gasteiger partial charge in [-0.1, -0.05) is 18.2 Å². The lowest BCUT2D eigenvalue weighted by Gasteiger charge is -2.18. The standard InChI is InChI=1S/C22H23N5O3/c1-13-10-16-17(11-14(13)2)27(20-19(24-16)21(28)26-22(29)25-20)9-8-23-12-15-6-4-5-7-18(15)30-3/h4-7,10-11,23H,8-9,12H2,1-3H3,(H,26,28,29). The summed E-state index contributed by atoms with van der Waals surface area (Å²) in [4.78, 5) is 34.9. The first kappa shape index (κ1) is 19.8. The van der Waals surface area contributed by atoms with E-state index in [1.54, 1.807) is 7.11 Å². The summed E-state index contributed by atoms with van der Waals surface area (Å²) >= 11 is 0. The number of rotatable bonds is 6. The fourth-order valence-corrected chi connectivity index (χ4v) is 3.54. The lowest BCUT2D eigenvalue weighted by Crippen LogP contribution is -2.30. The Balaban J connectivity index is 1.70. The highest BCUT2D eigenvalue weighted by molar-refractivity contribution is 5.81. The first-order chi connectivity index (χ1) is 14.5. The molecule has 30 heavy (non-hydrogen) atoms. The first-order valence-corrected chi connectivity index (χ1v) is 9.72. The van der Waals surface area contributed by atoms with Crippen LogP contribution in [-0.2, 0) is 13.1 Å². The Kier molecular flexibility index (Phi) is 5.33. The summed E-state index contributed by atoms with van der Waals surface area (Å²) in [5.74, 6) is 1.12. The van der Waals surface area contributed by atoms with Crippen LogP contribution >= 0.6 is 0 Å². The molecule has 0 amide bonds. The van der Waals surface area contributed by atoms with E-state index in [4.69, 9.17) is 4.74 Å². The van der Waals surface area contributed by atoms with Gasteiger partial charge < -0.3 is 14.6 Å². The summed E-state index contributed by atoms with van der Waals surface area (Å²) in [5.41, 5.74) is 3.73. The number of hydrogen-bond acceptors (Lipinski definition) is 6. The highest BCUT2D eigenvalue weighted by Gasteiger charge is 2.19. The molecule has 0 saturated carbocycles. The normalized spacial score (nSPS) is 11.3. The second kappa shape index (κ2) is 8.08. The molecular weight excluding hydrogens is 382 g/mol. The van der Waals surface area contributed by atoms with Gasteiger partial charge in [-0.25, -0.2) is 9.78 Å². The van der Waals surface area contributed by atoms with Crippen LogP contribution in [0.3, 0.4) is 0 Å². The Hall–Kier alpha value is -3.52. The smallest absolute Gasteiger partial charge is 0.349 e. The molecule has 2 aliphatic heterocycles. The molecule has 0 unspecified atom stereocenters. The van der Waals surface area contributed by atoms with Crippen LogP contribution in [0.2, 0.25) is 0 Å². The van der Waals surface area contributed by atoms with Crippen molar-refractivity contribution in [3.05, 3.63) is 73.9 Å². The molecular formula is C22H23N5O3. The van der Waals surface area contributed by atoms with Gasteiger partial charge in [0.05, 0.1) is 18.1 Å². The third-order valence-electron chi connectivity index (χ3n) is 5.24. The molecule has 154 valence electrons. The van der Waals surface area contributed by atoms with Crippen molar-refractivity contribution in [1.82, 2.24) is 24.8 Å². The van der Waals surface area contributed by atoms with Gasteiger partial charge in [0, 0.05) is 25.2 Å². The average Bonchev–Trinajstić information content (AvgIpc) is 2.72. The lowest BCUT2D eigenvalue weighted by atomic mass is 10.1. The van der Waals surface area contributed by atoms with Gasteiger partial charge in [-0.2, -0.15) is 4.98 Å². The van der Waals surface area contributed by atoms with Gasteiger partial charge in [0.2, 0.25) is 0 Å². The maximum Gasteiger partial charge on any atom is 0.349 e. The number of H-pyrrole nitrogens is 1. The Morgan fingerprint density at radius 3 is 2.67 bits per heavy atom. The predicted molar refractivity (Wildman–Crippen MR) is 115 cm³/mol.